The van der Waals surface area contributed by atoms with Gasteiger partial charge in [0.25, 0.3) is 5.91 Å². The average molecular weight is 434 g/mol. The van der Waals surface area contributed by atoms with E-state index in [4.69, 9.17) is 0 Å². The molecule has 3 aliphatic heterocycles. The number of hydrogen-bond donors (Lipinski definition) is 1. The molecule has 3 aliphatic rings. The third-order valence-electron chi connectivity index (χ3n) is 7.31. The van der Waals surface area contributed by atoms with Crippen molar-refractivity contribution in [2.45, 2.75) is 25.7 Å². The molecule has 32 heavy (non-hydrogen) atoms. The standard InChI is InChI=1S/C25H31N5O2/c1-28-13-8-18(9-14-28)19-10-15-29(16-11-19)17-23(31)30-22-7-3-2-5-20(22)25(32)27-21-6-4-12-26-24(21)30/h2-7,12,18-19H,8-11,13-17H2,1H3,(H,27,32). The van der Waals surface area contributed by atoms with Gasteiger partial charge in [-0.25, -0.2) is 4.98 Å². The highest BCUT2D eigenvalue weighted by molar-refractivity contribution is 6.17. The van der Waals surface area contributed by atoms with E-state index in [1.54, 1.807) is 29.3 Å². The number of carbonyl (C=O) groups excluding carboxylic acids is 2. The van der Waals surface area contributed by atoms with Gasteiger partial charge in [-0.05, 0) is 95.0 Å². The van der Waals surface area contributed by atoms with Gasteiger partial charge in [-0.1, -0.05) is 12.1 Å². The van der Waals surface area contributed by atoms with Crippen LogP contribution in [-0.2, 0) is 4.79 Å². The monoisotopic (exact) mass is 433 g/mol. The van der Waals surface area contributed by atoms with Crippen LogP contribution in [0, 0.1) is 11.8 Å². The number of likely N-dealkylation sites (tertiary alicyclic amines) is 2. The van der Waals surface area contributed by atoms with Crippen LogP contribution in [0.1, 0.15) is 36.0 Å². The molecule has 2 saturated heterocycles. The Morgan fingerprint density at radius 3 is 2.44 bits per heavy atom. The number of para-hydroxylation sites is 1. The number of hydrogen-bond acceptors (Lipinski definition) is 5. The van der Waals surface area contributed by atoms with Gasteiger partial charge in [0.15, 0.2) is 5.82 Å². The number of nitrogens with zero attached hydrogens (tertiary/aromatic N) is 4. The van der Waals surface area contributed by atoms with Crippen LogP contribution in [0.5, 0.6) is 0 Å². The largest absolute Gasteiger partial charge is 0.319 e. The normalized spacial score (nSPS) is 20.9. The smallest absolute Gasteiger partial charge is 0.257 e. The summed E-state index contributed by atoms with van der Waals surface area (Å²) in [5.74, 6) is 1.82. The van der Waals surface area contributed by atoms with E-state index >= 15 is 0 Å². The fourth-order valence-corrected chi connectivity index (χ4v) is 5.43. The Balaban J connectivity index is 1.31. The maximum Gasteiger partial charge on any atom is 0.257 e. The van der Waals surface area contributed by atoms with E-state index in [9.17, 15) is 9.59 Å². The molecule has 0 bridgehead atoms. The Labute approximate surface area is 189 Å². The van der Waals surface area contributed by atoms with Crippen LogP contribution in [0.4, 0.5) is 17.2 Å². The zero-order chi connectivity index (χ0) is 22.1. The van der Waals surface area contributed by atoms with Crippen LogP contribution < -0.4 is 10.2 Å². The third-order valence-corrected chi connectivity index (χ3v) is 7.31. The van der Waals surface area contributed by atoms with E-state index in [0.717, 1.165) is 37.8 Å². The summed E-state index contributed by atoms with van der Waals surface area (Å²) in [5, 5.41) is 2.90. The number of nitrogens with one attached hydrogen (secondary N) is 1. The number of carbonyl (C=O) groups is 2. The number of piperidine rings is 2. The first-order valence-electron chi connectivity index (χ1n) is 11.7. The molecule has 0 spiro atoms. The van der Waals surface area contributed by atoms with Crippen molar-refractivity contribution < 1.29 is 9.59 Å². The van der Waals surface area contributed by atoms with Gasteiger partial charge in [-0.15, -0.1) is 0 Å². The van der Waals surface area contributed by atoms with E-state index in [1.807, 2.05) is 18.2 Å². The zero-order valence-electron chi connectivity index (χ0n) is 18.7. The average Bonchev–Trinajstić information content (AvgIpc) is 2.94. The summed E-state index contributed by atoms with van der Waals surface area (Å²) < 4.78 is 0. The van der Waals surface area contributed by atoms with E-state index in [1.165, 1.54) is 25.9 Å². The van der Waals surface area contributed by atoms with Gasteiger partial charge >= 0.3 is 0 Å². The van der Waals surface area contributed by atoms with Crippen LogP contribution in [0.3, 0.4) is 0 Å². The quantitative estimate of drug-likeness (QED) is 0.804. The summed E-state index contributed by atoms with van der Waals surface area (Å²) in [5.41, 5.74) is 1.64. The lowest BCUT2D eigenvalue weighted by Gasteiger charge is -2.39. The Morgan fingerprint density at radius 2 is 1.69 bits per heavy atom. The lowest BCUT2D eigenvalue weighted by Crippen LogP contribution is -2.44. The van der Waals surface area contributed by atoms with Crippen LogP contribution in [-0.4, -0.2) is 66.4 Å². The molecule has 1 N–H and O–H groups in total. The molecule has 0 saturated carbocycles. The zero-order valence-corrected chi connectivity index (χ0v) is 18.7. The number of anilines is 3. The van der Waals surface area contributed by atoms with Crippen molar-refractivity contribution in [3.05, 3.63) is 48.2 Å². The highest BCUT2D eigenvalue weighted by atomic mass is 16.2. The molecule has 1 aromatic carbocycles. The highest BCUT2D eigenvalue weighted by Crippen LogP contribution is 2.37. The van der Waals surface area contributed by atoms with Gasteiger partial charge in [0.1, 0.15) is 0 Å². The number of rotatable bonds is 3. The third kappa shape index (κ3) is 4.14. The van der Waals surface area contributed by atoms with Gasteiger partial charge in [0.05, 0.1) is 23.5 Å². The van der Waals surface area contributed by atoms with Crippen molar-refractivity contribution in [2.75, 3.05) is 50.0 Å². The van der Waals surface area contributed by atoms with E-state index in [-0.39, 0.29) is 11.8 Å². The van der Waals surface area contributed by atoms with Crippen molar-refractivity contribution in [3.63, 3.8) is 0 Å². The first-order chi connectivity index (χ1) is 15.6. The minimum absolute atomic E-state index is 0.0494. The van der Waals surface area contributed by atoms with Crippen molar-refractivity contribution in [1.82, 2.24) is 14.8 Å². The predicted molar refractivity (Wildman–Crippen MR) is 125 cm³/mol. The summed E-state index contributed by atoms with van der Waals surface area (Å²) >= 11 is 0. The highest BCUT2D eigenvalue weighted by Gasteiger charge is 2.33. The predicted octanol–water partition coefficient (Wildman–Crippen LogP) is 3.37. The van der Waals surface area contributed by atoms with Crippen LogP contribution >= 0.6 is 0 Å². The van der Waals surface area contributed by atoms with Gasteiger partial charge in [-0.2, -0.15) is 0 Å². The topological polar surface area (TPSA) is 68.8 Å². The molecular formula is C25H31N5O2. The lowest BCUT2D eigenvalue weighted by atomic mass is 9.79. The molecule has 7 nitrogen and oxygen atoms in total. The molecule has 2 fully saturated rings. The summed E-state index contributed by atoms with van der Waals surface area (Å²) in [6.07, 6.45) is 6.58. The van der Waals surface area contributed by atoms with Crippen LogP contribution in [0.25, 0.3) is 0 Å². The molecule has 0 atom stereocenters. The summed E-state index contributed by atoms with van der Waals surface area (Å²) in [7, 11) is 2.21. The molecule has 4 heterocycles. The molecule has 168 valence electrons. The van der Waals surface area contributed by atoms with Crippen molar-refractivity contribution >= 4 is 29.0 Å². The second-order valence-corrected chi connectivity index (χ2v) is 9.33. The van der Waals surface area contributed by atoms with E-state index in [2.05, 4.69) is 27.1 Å². The molecule has 2 aromatic rings. The Morgan fingerprint density at radius 1 is 1.00 bits per heavy atom. The number of fused-ring (bicyclic) bond motifs is 2. The van der Waals surface area contributed by atoms with Crippen molar-refractivity contribution in [3.8, 4) is 0 Å². The Hall–Kier alpha value is -2.77. The fraction of sp³-hybridized carbons (Fsp3) is 0.480. The van der Waals surface area contributed by atoms with Gasteiger partial charge in [0.2, 0.25) is 5.91 Å². The number of pyridine rings is 1. The maximum absolute atomic E-state index is 13.6. The molecule has 5 rings (SSSR count). The molecule has 2 amide bonds. The van der Waals surface area contributed by atoms with Gasteiger partial charge in [0, 0.05) is 6.20 Å². The first-order valence-corrected chi connectivity index (χ1v) is 11.7. The number of aromatic nitrogens is 1. The Bertz CT molecular complexity index is 993. The summed E-state index contributed by atoms with van der Waals surface area (Å²) in [4.78, 5) is 37.1. The molecule has 7 heteroatoms. The maximum atomic E-state index is 13.6. The number of benzene rings is 1. The molecular weight excluding hydrogens is 402 g/mol. The van der Waals surface area contributed by atoms with E-state index in [0.29, 0.717) is 29.3 Å². The molecule has 0 radical (unpaired) electrons. The summed E-state index contributed by atoms with van der Waals surface area (Å²) in [6.45, 7) is 4.64. The second-order valence-electron chi connectivity index (χ2n) is 9.33. The molecule has 0 unspecified atom stereocenters. The number of amides is 2. The fourth-order valence-electron chi connectivity index (χ4n) is 5.43. The minimum Gasteiger partial charge on any atom is -0.319 e. The van der Waals surface area contributed by atoms with Gasteiger partial charge < -0.3 is 10.2 Å². The SMILES string of the molecule is CN1CCC(C2CCN(CC(=O)N3c4ccccc4C(=O)Nc4cccnc43)CC2)CC1. The lowest BCUT2D eigenvalue weighted by molar-refractivity contribution is -0.119. The Kier molecular flexibility index (Phi) is 5.93. The molecule has 0 aliphatic carbocycles. The van der Waals surface area contributed by atoms with Crippen LogP contribution in [0.2, 0.25) is 0 Å². The van der Waals surface area contributed by atoms with Crippen LogP contribution in [0.15, 0.2) is 42.6 Å². The molecule has 1 aromatic heterocycles. The van der Waals surface area contributed by atoms with Gasteiger partial charge in [-0.3, -0.25) is 19.4 Å². The second kappa shape index (κ2) is 9.00. The summed E-state index contributed by atoms with van der Waals surface area (Å²) in [6, 6.07) is 10.8. The first kappa shape index (κ1) is 21.1. The van der Waals surface area contributed by atoms with E-state index < -0.39 is 0 Å². The van der Waals surface area contributed by atoms with Crippen molar-refractivity contribution in [1.29, 1.82) is 0 Å². The van der Waals surface area contributed by atoms with Crippen molar-refractivity contribution in [2.24, 2.45) is 11.8 Å². The minimum atomic E-state index is -0.218.